The van der Waals surface area contributed by atoms with Crippen LogP contribution in [-0.2, 0) is 16.0 Å². The van der Waals surface area contributed by atoms with Crippen LogP contribution in [0.3, 0.4) is 0 Å². The quantitative estimate of drug-likeness (QED) is 0.191. The van der Waals surface area contributed by atoms with Crippen LogP contribution in [-0.4, -0.2) is 44.7 Å². The first-order valence-electron chi connectivity index (χ1n) is 14.2. The molecule has 2 atom stereocenters. The lowest BCUT2D eigenvalue weighted by Crippen LogP contribution is -2.47. The number of rotatable bonds is 10. The van der Waals surface area contributed by atoms with Gasteiger partial charge in [0.25, 0.3) is 5.91 Å². The molecule has 0 spiro atoms. The van der Waals surface area contributed by atoms with E-state index in [0.717, 1.165) is 61.8 Å². The number of benzene rings is 2. The summed E-state index contributed by atoms with van der Waals surface area (Å²) in [5, 5.41) is 2.81. The molecule has 210 valence electrons. The number of methoxy groups -OCH3 is 1. The Morgan fingerprint density at radius 3 is 2.38 bits per heavy atom. The lowest BCUT2D eigenvalue weighted by Gasteiger charge is -2.43. The Balaban J connectivity index is 1.97. The summed E-state index contributed by atoms with van der Waals surface area (Å²) in [6, 6.07) is 13.6. The Labute approximate surface area is 235 Å². The Kier molecular flexibility index (Phi) is 11.1. The second-order valence-electron chi connectivity index (χ2n) is 11.3. The van der Waals surface area contributed by atoms with Gasteiger partial charge < -0.3 is 14.4 Å². The molecular formula is C32H44N2O4Si. The number of ether oxygens (including phenoxy) is 2. The van der Waals surface area contributed by atoms with Gasteiger partial charge in [0.15, 0.2) is 0 Å². The SMILES string of the molecule is CCCCCOC(=O)Nc1ccc([C@H]2c3ccc(OC)cc3C[C@H](CCCC)N2C(=O)C#C[Si](C)(C)C)cc1. The maximum absolute atomic E-state index is 13.8. The largest absolute Gasteiger partial charge is 0.497 e. The molecule has 1 N–H and O–H groups in total. The van der Waals surface area contributed by atoms with E-state index in [1.54, 1.807) is 7.11 Å². The summed E-state index contributed by atoms with van der Waals surface area (Å²) in [5.41, 5.74) is 7.20. The number of nitrogens with zero attached hydrogens (tertiary/aromatic N) is 1. The third kappa shape index (κ3) is 8.63. The first kappa shape index (κ1) is 30.3. The Hall–Kier alpha value is -3.24. The van der Waals surface area contributed by atoms with Crippen molar-refractivity contribution >= 4 is 25.8 Å². The summed E-state index contributed by atoms with van der Waals surface area (Å²) in [7, 11) is -0.0519. The summed E-state index contributed by atoms with van der Waals surface area (Å²) in [5.74, 6) is 3.71. The van der Waals surface area contributed by atoms with E-state index in [1.807, 2.05) is 35.2 Å². The zero-order valence-corrected chi connectivity index (χ0v) is 25.4. The van der Waals surface area contributed by atoms with Crippen molar-refractivity contribution < 1.29 is 19.1 Å². The van der Waals surface area contributed by atoms with Crippen molar-refractivity contribution in [1.82, 2.24) is 4.90 Å². The summed E-state index contributed by atoms with van der Waals surface area (Å²) >= 11 is 0. The summed E-state index contributed by atoms with van der Waals surface area (Å²) < 4.78 is 10.8. The van der Waals surface area contributed by atoms with Crippen LogP contribution in [0, 0.1) is 11.5 Å². The fourth-order valence-corrected chi connectivity index (χ4v) is 5.38. The number of nitrogens with one attached hydrogen (secondary N) is 1. The van der Waals surface area contributed by atoms with E-state index in [0.29, 0.717) is 12.3 Å². The van der Waals surface area contributed by atoms with Crippen molar-refractivity contribution in [1.29, 1.82) is 0 Å². The highest BCUT2D eigenvalue weighted by atomic mass is 28.3. The highest BCUT2D eigenvalue weighted by Gasteiger charge is 2.38. The second kappa shape index (κ2) is 14.2. The van der Waals surface area contributed by atoms with Gasteiger partial charge in [-0.05, 0) is 66.1 Å². The lowest BCUT2D eigenvalue weighted by atomic mass is 9.83. The summed E-state index contributed by atoms with van der Waals surface area (Å²) in [4.78, 5) is 28.0. The molecule has 0 radical (unpaired) electrons. The molecule has 0 fully saturated rings. The van der Waals surface area contributed by atoms with Crippen molar-refractivity contribution in [2.45, 2.75) is 90.5 Å². The normalized spacial score (nSPS) is 16.5. The van der Waals surface area contributed by atoms with Gasteiger partial charge in [-0.1, -0.05) is 77.4 Å². The molecule has 6 nitrogen and oxygen atoms in total. The standard InChI is InChI=1S/C32H44N2O4Si/c1-7-9-11-20-38-32(36)33-26-15-13-24(14-16-26)31-29-18-17-28(37-3)23-25(29)22-27(12-10-8-2)34(31)30(35)19-21-39(4,5)6/h13-18,23,27,31H,7-12,20,22H2,1-6H3,(H,33,36)/t27-,31-/m0/s1. The lowest BCUT2D eigenvalue weighted by molar-refractivity contribution is -0.130. The molecule has 0 aliphatic carbocycles. The second-order valence-corrected chi connectivity index (χ2v) is 16.0. The number of fused-ring (bicyclic) bond motifs is 1. The average Bonchev–Trinajstić information content (AvgIpc) is 2.91. The average molecular weight is 549 g/mol. The predicted octanol–water partition coefficient (Wildman–Crippen LogP) is 7.35. The van der Waals surface area contributed by atoms with Gasteiger partial charge in [-0.2, -0.15) is 0 Å². The molecule has 1 aliphatic heterocycles. The third-order valence-corrected chi connectivity index (χ3v) is 7.77. The Bertz CT molecular complexity index is 1180. The van der Waals surface area contributed by atoms with Crippen LogP contribution in [0.5, 0.6) is 5.75 Å². The van der Waals surface area contributed by atoms with E-state index in [9.17, 15) is 9.59 Å². The van der Waals surface area contributed by atoms with E-state index < -0.39 is 14.2 Å². The molecule has 7 heteroatoms. The fraction of sp³-hybridized carbons (Fsp3) is 0.500. The molecule has 2 amide bonds. The van der Waals surface area contributed by atoms with Gasteiger partial charge in [-0.15, -0.1) is 5.54 Å². The monoisotopic (exact) mass is 548 g/mol. The van der Waals surface area contributed by atoms with E-state index in [1.165, 1.54) is 5.56 Å². The fourth-order valence-electron chi connectivity index (χ4n) is 4.89. The van der Waals surface area contributed by atoms with Crippen LogP contribution in [0.1, 0.15) is 75.1 Å². The van der Waals surface area contributed by atoms with Gasteiger partial charge in [-0.3, -0.25) is 10.1 Å². The van der Waals surface area contributed by atoms with Crippen molar-refractivity contribution in [3.8, 4) is 17.2 Å². The highest BCUT2D eigenvalue weighted by molar-refractivity contribution is 6.84. The highest BCUT2D eigenvalue weighted by Crippen LogP contribution is 2.41. The van der Waals surface area contributed by atoms with Crippen LogP contribution >= 0.6 is 0 Å². The van der Waals surface area contributed by atoms with Gasteiger partial charge in [0.2, 0.25) is 0 Å². The molecule has 1 heterocycles. The third-order valence-electron chi connectivity index (χ3n) is 6.90. The molecular weight excluding hydrogens is 504 g/mol. The zero-order valence-electron chi connectivity index (χ0n) is 24.4. The van der Waals surface area contributed by atoms with E-state index in [2.05, 4.69) is 62.4 Å². The van der Waals surface area contributed by atoms with E-state index in [4.69, 9.17) is 9.47 Å². The first-order valence-corrected chi connectivity index (χ1v) is 17.7. The molecule has 0 aromatic heterocycles. The minimum absolute atomic E-state index is 0.0360. The number of anilines is 1. The summed E-state index contributed by atoms with van der Waals surface area (Å²) in [6.07, 6.45) is 6.29. The Morgan fingerprint density at radius 2 is 1.74 bits per heavy atom. The molecule has 0 bridgehead atoms. The Morgan fingerprint density at radius 1 is 1.03 bits per heavy atom. The van der Waals surface area contributed by atoms with Gasteiger partial charge in [0.1, 0.15) is 13.8 Å². The molecule has 39 heavy (non-hydrogen) atoms. The predicted molar refractivity (Wildman–Crippen MR) is 161 cm³/mol. The summed E-state index contributed by atoms with van der Waals surface area (Å²) in [6.45, 7) is 11.2. The molecule has 3 rings (SSSR count). The molecule has 2 aromatic carbocycles. The number of hydrogen-bond donors (Lipinski definition) is 1. The van der Waals surface area contributed by atoms with Crippen LogP contribution in [0.4, 0.5) is 10.5 Å². The first-order chi connectivity index (χ1) is 18.7. The molecule has 0 unspecified atom stereocenters. The number of carbonyl (C=O) groups is 2. The van der Waals surface area contributed by atoms with E-state index >= 15 is 0 Å². The van der Waals surface area contributed by atoms with Gasteiger partial charge >= 0.3 is 6.09 Å². The maximum Gasteiger partial charge on any atom is 0.411 e. The number of hydrogen-bond acceptors (Lipinski definition) is 4. The minimum atomic E-state index is -1.73. The smallest absolute Gasteiger partial charge is 0.411 e. The zero-order chi connectivity index (χ0) is 28.4. The van der Waals surface area contributed by atoms with E-state index in [-0.39, 0.29) is 18.0 Å². The molecule has 1 aliphatic rings. The van der Waals surface area contributed by atoms with Crippen molar-refractivity contribution in [2.75, 3.05) is 19.0 Å². The van der Waals surface area contributed by atoms with Gasteiger partial charge in [0.05, 0.1) is 19.8 Å². The van der Waals surface area contributed by atoms with Crippen LogP contribution < -0.4 is 10.1 Å². The van der Waals surface area contributed by atoms with Crippen molar-refractivity contribution in [3.05, 3.63) is 59.2 Å². The molecule has 2 aromatic rings. The maximum atomic E-state index is 13.8. The van der Waals surface area contributed by atoms with Crippen molar-refractivity contribution in [2.24, 2.45) is 0 Å². The van der Waals surface area contributed by atoms with Crippen LogP contribution in [0.15, 0.2) is 42.5 Å². The number of carbonyl (C=O) groups excluding carboxylic acids is 2. The number of unbranched alkanes of at least 4 members (excludes halogenated alkanes) is 3. The van der Waals surface area contributed by atoms with Gasteiger partial charge in [0, 0.05) is 11.7 Å². The minimum Gasteiger partial charge on any atom is -0.497 e. The van der Waals surface area contributed by atoms with Gasteiger partial charge in [-0.25, -0.2) is 4.79 Å². The van der Waals surface area contributed by atoms with Crippen LogP contribution in [0.2, 0.25) is 19.6 Å². The topological polar surface area (TPSA) is 67.9 Å². The van der Waals surface area contributed by atoms with Crippen molar-refractivity contribution in [3.63, 3.8) is 0 Å². The molecule has 0 saturated carbocycles. The number of amides is 2. The van der Waals surface area contributed by atoms with Crippen LogP contribution in [0.25, 0.3) is 0 Å². The molecule has 0 saturated heterocycles.